The maximum atomic E-state index is 11.8. The Kier molecular flexibility index (Phi) is 9.52. The lowest BCUT2D eigenvalue weighted by molar-refractivity contribution is -0.136. The molecule has 1 aromatic rings. The molecule has 1 rings (SSSR count). The average Bonchev–Trinajstić information content (AvgIpc) is 2.57. The number of carbonyl (C=O) groups excluding carboxylic acids is 2. The van der Waals surface area contributed by atoms with E-state index in [0.29, 0.717) is 18.8 Å². The molecule has 0 atom stereocenters. The second-order valence-corrected chi connectivity index (χ2v) is 5.50. The lowest BCUT2D eigenvalue weighted by atomic mass is 10.1. The first-order valence-corrected chi connectivity index (χ1v) is 8.49. The zero-order valence-corrected chi connectivity index (χ0v) is 14.2. The highest BCUT2D eigenvalue weighted by molar-refractivity contribution is 6.39. The second kappa shape index (κ2) is 11.5. The number of anilines is 1. The molecule has 0 aliphatic rings. The van der Waals surface area contributed by atoms with Crippen molar-refractivity contribution in [3.05, 3.63) is 24.3 Å². The summed E-state index contributed by atoms with van der Waals surface area (Å²) in [6, 6.07) is 7.00. The van der Waals surface area contributed by atoms with Gasteiger partial charge in [0, 0.05) is 12.2 Å². The van der Waals surface area contributed by atoms with Gasteiger partial charge in [0.15, 0.2) is 0 Å². The first-order valence-electron chi connectivity index (χ1n) is 8.49. The van der Waals surface area contributed by atoms with Gasteiger partial charge in [-0.15, -0.1) is 0 Å². The fourth-order valence-corrected chi connectivity index (χ4v) is 2.05. The van der Waals surface area contributed by atoms with Gasteiger partial charge in [-0.1, -0.05) is 39.5 Å². The normalized spacial score (nSPS) is 10.2. The third kappa shape index (κ3) is 8.24. The van der Waals surface area contributed by atoms with Crippen molar-refractivity contribution in [1.29, 1.82) is 0 Å². The van der Waals surface area contributed by atoms with Crippen LogP contribution in [0.5, 0.6) is 5.75 Å². The van der Waals surface area contributed by atoms with Gasteiger partial charge in [0.1, 0.15) is 5.75 Å². The number of amides is 2. The maximum absolute atomic E-state index is 11.8. The lowest BCUT2D eigenvalue weighted by Crippen LogP contribution is -2.35. The molecule has 0 unspecified atom stereocenters. The van der Waals surface area contributed by atoms with E-state index in [0.717, 1.165) is 25.0 Å². The van der Waals surface area contributed by atoms with Crippen LogP contribution in [0.4, 0.5) is 5.69 Å². The van der Waals surface area contributed by atoms with Crippen molar-refractivity contribution in [3.8, 4) is 5.75 Å². The fraction of sp³-hybridized carbons (Fsp3) is 0.556. The molecule has 0 saturated heterocycles. The van der Waals surface area contributed by atoms with E-state index in [1.165, 1.54) is 19.3 Å². The fourth-order valence-electron chi connectivity index (χ4n) is 2.05. The minimum Gasteiger partial charge on any atom is -0.494 e. The number of rotatable bonds is 10. The molecule has 0 fully saturated rings. The summed E-state index contributed by atoms with van der Waals surface area (Å²) in [6.45, 7) is 5.40. The molecule has 5 heteroatoms. The van der Waals surface area contributed by atoms with E-state index in [1.54, 1.807) is 24.3 Å². The third-order valence-electron chi connectivity index (χ3n) is 3.36. The summed E-state index contributed by atoms with van der Waals surface area (Å²) >= 11 is 0. The number of ether oxygens (including phenoxy) is 1. The van der Waals surface area contributed by atoms with Gasteiger partial charge in [-0.3, -0.25) is 9.59 Å². The molecule has 0 aliphatic carbocycles. The van der Waals surface area contributed by atoms with E-state index in [1.807, 2.05) is 6.92 Å². The minimum atomic E-state index is -0.638. The Balaban J connectivity index is 2.27. The van der Waals surface area contributed by atoms with Crippen LogP contribution in [0.15, 0.2) is 24.3 Å². The molecule has 2 N–H and O–H groups in total. The van der Waals surface area contributed by atoms with Gasteiger partial charge in [-0.05, 0) is 37.1 Å². The van der Waals surface area contributed by atoms with Crippen LogP contribution in [-0.4, -0.2) is 25.0 Å². The summed E-state index contributed by atoms with van der Waals surface area (Å²) in [5.41, 5.74) is 0.581. The van der Waals surface area contributed by atoms with E-state index in [9.17, 15) is 9.59 Å². The zero-order chi connectivity index (χ0) is 16.9. The first-order chi connectivity index (χ1) is 11.2. The predicted octanol–water partition coefficient (Wildman–Crippen LogP) is 3.50. The zero-order valence-electron chi connectivity index (χ0n) is 14.2. The number of hydrogen-bond donors (Lipinski definition) is 2. The van der Waals surface area contributed by atoms with E-state index in [4.69, 9.17) is 4.74 Å². The van der Waals surface area contributed by atoms with E-state index in [-0.39, 0.29) is 0 Å². The van der Waals surface area contributed by atoms with Crippen molar-refractivity contribution in [3.63, 3.8) is 0 Å². The molecule has 1 aromatic carbocycles. The van der Waals surface area contributed by atoms with E-state index >= 15 is 0 Å². The molecular formula is C18H28N2O3. The van der Waals surface area contributed by atoms with Crippen molar-refractivity contribution in [2.75, 3.05) is 18.5 Å². The largest absolute Gasteiger partial charge is 0.494 e. The highest BCUT2D eigenvalue weighted by Gasteiger charge is 2.12. The summed E-state index contributed by atoms with van der Waals surface area (Å²) in [6.07, 6.45) is 6.50. The molecule has 23 heavy (non-hydrogen) atoms. The van der Waals surface area contributed by atoms with Crippen LogP contribution >= 0.6 is 0 Å². The number of hydrogen-bond acceptors (Lipinski definition) is 3. The third-order valence-corrected chi connectivity index (χ3v) is 3.36. The highest BCUT2D eigenvalue weighted by Crippen LogP contribution is 2.15. The molecule has 0 saturated carbocycles. The van der Waals surface area contributed by atoms with Crippen LogP contribution in [0, 0.1) is 0 Å². The molecule has 0 spiro atoms. The van der Waals surface area contributed by atoms with Crippen molar-refractivity contribution in [2.24, 2.45) is 0 Å². The Hall–Kier alpha value is -2.04. The van der Waals surface area contributed by atoms with Gasteiger partial charge in [0.2, 0.25) is 0 Å². The first kappa shape index (κ1) is 19.0. The van der Waals surface area contributed by atoms with Crippen LogP contribution in [-0.2, 0) is 9.59 Å². The summed E-state index contributed by atoms with van der Waals surface area (Å²) in [4.78, 5) is 23.5. The summed E-state index contributed by atoms with van der Waals surface area (Å²) in [7, 11) is 0. The van der Waals surface area contributed by atoms with Gasteiger partial charge >= 0.3 is 11.8 Å². The number of unbranched alkanes of at least 4 members (excludes halogenated alkanes) is 4. The maximum Gasteiger partial charge on any atom is 0.313 e. The number of nitrogens with one attached hydrogen (secondary N) is 2. The SMILES string of the molecule is CCCCCCCNC(=O)C(=O)Nc1ccc(OCCC)cc1. The standard InChI is InChI=1S/C18H28N2O3/c1-3-5-6-7-8-13-19-17(21)18(22)20-15-9-11-16(12-10-15)23-14-4-2/h9-12H,3-8,13-14H2,1-2H3,(H,19,21)(H,20,22). The van der Waals surface area contributed by atoms with Crippen LogP contribution in [0.25, 0.3) is 0 Å². The molecule has 0 aliphatic heterocycles. The minimum absolute atomic E-state index is 0.541. The number of benzene rings is 1. The van der Waals surface area contributed by atoms with Crippen LogP contribution in [0.3, 0.4) is 0 Å². The lowest BCUT2D eigenvalue weighted by Gasteiger charge is -2.08. The second-order valence-electron chi connectivity index (χ2n) is 5.50. The molecular weight excluding hydrogens is 292 g/mol. The Morgan fingerprint density at radius 1 is 0.913 bits per heavy atom. The molecule has 2 amide bonds. The van der Waals surface area contributed by atoms with Gasteiger partial charge in [0.05, 0.1) is 6.61 Å². The quantitative estimate of drug-likeness (QED) is 0.512. The monoisotopic (exact) mass is 320 g/mol. The summed E-state index contributed by atoms with van der Waals surface area (Å²) < 4.78 is 5.46. The van der Waals surface area contributed by atoms with Crippen molar-refractivity contribution >= 4 is 17.5 Å². The van der Waals surface area contributed by atoms with Crippen molar-refractivity contribution < 1.29 is 14.3 Å². The molecule has 0 bridgehead atoms. The number of carbonyl (C=O) groups is 2. The van der Waals surface area contributed by atoms with E-state index < -0.39 is 11.8 Å². The highest BCUT2D eigenvalue weighted by atomic mass is 16.5. The molecule has 0 heterocycles. The smallest absolute Gasteiger partial charge is 0.313 e. The Morgan fingerprint density at radius 3 is 2.26 bits per heavy atom. The molecule has 128 valence electrons. The Bertz CT molecular complexity index is 472. The van der Waals surface area contributed by atoms with Crippen LogP contribution < -0.4 is 15.4 Å². The molecule has 5 nitrogen and oxygen atoms in total. The summed E-state index contributed by atoms with van der Waals surface area (Å²) in [5, 5.41) is 5.22. The van der Waals surface area contributed by atoms with E-state index in [2.05, 4.69) is 17.6 Å². The van der Waals surface area contributed by atoms with Gasteiger partial charge < -0.3 is 15.4 Å². The van der Waals surface area contributed by atoms with Gasteiger partial charge in [-0.2, -0.15) is 0 Å². The average molecular weight is 320 g/mol. The van der Waals surface area contributed by atoms with Crippen LogP contribution in [0.2, 0.25) is 0 Å². The van der Waals surface area contributed by atoms with Crippen LogP contribution in [0.1, 0.15) is 52.4 Å². The Labute approximate surface area is 138 Å². The Morgan fingerprint density at radius 2 is 1.61 bits per heavy atom. The molecule has 0 radical (unpaired) electrons. The predicted molar refractivity (Wildman–Crippen MR) is 92.6 cm³/mol. The van der Waals surface area contributed by atoms with Gasteiger partial charge in [-0.25, -0.2) is 0 Å². The van der Waals surface area contributed by atoms with Gasteiger partial charge in [0.25, 0.3) is 0 Å². The summed E-state index contributed by atoms with van der Waals surface area (Å²) in [5.74, 6) is -0.478. The molecule has 0 aromatic heterocycles. The van der Waals surface area contributed by atoms with Crippen molar-refractivity contribution in [2.45, 2.75) is 52.4 Å². The van der Waals surface area contributed by atoms with Crippen molar-refractivity contribution in [1.82, 2.24) is 5.32 Å². The topological polar surface area (TPSA) is 67.4 Å².